The van der Waals surface area contributed by atoms with Gasteiger partial charge in [0, 0.05) is 32.6 Å². The second kappa shape index (κ2) is 6.36. The second-order valence-electron chi connectivity index (χ2n) is 5.25. The van der Waals surface area contributed by atoms with Crippen molar-refractivity contribution in [3.63, 3.8) is 0 Å². The van der Waals surface area contributed by atoms with E-state index in [4.69, 9.17) is 4.74 Å². The lowest BCUT2D eigenvalue weighted by Crippen LogP contribution is -2.47. The van der Waals surface area contributed by atoms with Crippen LogP contribution < -0.4 is 5.32 Å². The normalized spacial score (nSPS) is 26.8. The summed E-state index contributed by atoms with van der Waals surface area (Å²) in [5.74, 6) is 0.587. The maximum atomic E-state index is 12.2. The van der Waals surface area contributed by atoms with Crippen molar-refractivity contribution in [2.45, 2.75) is 38.2 Å². The fourth-order valence-corrected chi connectivity index (χ4v) is 2.79. The van der Waals surface area contributed by atoms with Crippen molar-refractivity contribution >= 4 is 5.91 Å². The van der Waals surface area contributed by atoms with Crippen molar-refractivity contribution in [1.82, 2.24) is 10.2 Å². The molecule has 0 spiro atoms. The summed E-state index contributed by atoms with van der Waals surface area (Å²) in [6, 6.07) is 0. The fourth-order valence-electron chi connectivity index (χ4n) is 2.79. The molecule has 1 aliphatic carbocycles. The molecular formula is C13H24N2O2. The van der Waals surface area contributed by atoms with Gasteiger partial charge in [0.05, 0.1) is 12.7 Å². The first-order valence-electron chi connectivity index (χ1n) is 6.84. The van der Waals surface area contributed by atoms with Crippen molar-refractivity contribution < 1.29 is 9.53 Å². The average molecular weight is 240 g/mol. The zero-order chi connectivity index (χ0) is 12.1. The Kier molecular flexibility index (Phi) is 4.80. The summed E-state index contributed by atoms with van der Waals surface area (Å²) in [6.45, 7) is 3.28. The molecule has 1 saturated carbocycles. The molecule has 2 fully saturated rings. The van der Waals surface area contributed by atoms with Crippen LogP contribution in [0.1, 0.15) is 32.1 Å². The highest BCUT2D eigenvalue weighted by Crippen LogP contribution is 2.25. The molecule has 0 radical (unpaired) electrons. The van der Waals surface area contributed by atoms with Crippen molar-refractivity contribution in [1.29, 1.82) is 0 Å². The molecule has 1 aliphatic heterocycles. The fraction of sp³-hybridized carbons (Fsp3) is 0.923. The number of ether oxygens (including phenoxy) is 1. The van der Waals surface area contributed by atoms with Gasteiger partial charge >= 0.3 is 0 Å². The number of nitrogens with zero attached hydrogens (tertiary/aromatic N) is 1. The highest BCUT2D eigenvalue weighted by molar-refractivity contribution is 5.78. The molecule has 0 aromatic rings. The van der Waals surface area contributed by atoms with Gasteiger partial charge in [0.25, 0.3) is 0 Å². The number of morpholine rings is 1. The number of likely N-dealkylation sites (N-methyl/N-ethyl adjacent to an activating group) is 1. The molecule has 0 aromatic carbocycles. The Hall–Kier alpha value is -0.610. The average Bonchev–Trinajstić information content (AvgIpc) is 2.40. The topological polar surface area (TPSA) is 41.6 Å². The molecule has 4 heteroatoms. The Morgan fingerprint density at radius 2 is 2.12 bits per heavy atom. The number of amides is 1. The highest BCUT2D eigenvalue weighted by Gasteiger charge is 2.26. The lowest BCUT2D eigenvalue weighted by Gasteiger charge is -2.31. The Morgan fingerprint density at radius 3 is 2.76 bits per heavy atom. The SMILES string of the molecule is CN(CC1CNCCO1)C(=O)C1CCCCC1. The summed E-state index contributed by atoms with van der Waals surface area (Å²) in [6.07, 6.45) is 6.04. The van der Waals surface area contributed by atoms with Gasteiger partial charge in [-0.25, -0.2) is 0 Å². The monoisotopic (exact) mass is 240 g/mol. The third kappa shape index (κ3) is 3.68. The molecule has 98 valence electrons. The molecule has 0 bridgehead atoms. The third-order valence-electron chi connectivity index (χ3n) is 3.81. The molecule has 17 heavy (non-hydrogen) atoms. The van der Waals surface area contributed by atoms with E-state index in [0.717, 1.165) is 39.1 Å². The Morgan fingerprint density at radius 1 is 1.35 bits per heavy atom. The Balaban J connectivity index is 1.77. The predicted octanol–water partition coefficient (Wildman–Crippen LogP) is 1.01. The zero-order valence-electron chi connectivity index (χ0n) is 10.8. The molecule has 1 unspecified atom stereocenters. The first kappa shape index (κ1) is 12.8. The van der Waals surface area contributed by atoms with Gasteiger partial charge in [-0.15, -0.1) is 0 Å². The lowest BCUT2D eigenvalue weighted by molar-refractivity contribution is -0.137. The first-order valence-corrected chi connectivity index (χ1v) is 6.84. The van der Waals surface area contributed by atoms with Crippen LogP contribution in [-0.2, 0) is 9.53 Å². The van der Waals surface area contributed by atoms with Crippen LogP contribution in [0.3, 0.4) is 0 Å². The van der Waals surface area contributed by atoms with E-state index in [-0.39, 0.29) is 12.0 Å². The van der Waals surface area contributed by atoms with E-state index in [2.05, 4.69) is 5.32 Å². The molecular weight excluding hydrogens is 216 g/mol. The number of carbonyl (C=O) groups excluding carboxylic acids is 1. The van der Waals surface area contributed by atoms with E-state index in [1.54, 1.807) is 0 Å². The van der Waals surface area contributed by atoms with Crippen LogP contribution in [0.2, 0.25) is 0 Å². The predicted molar refractivity (Wildman–Crippen MR) is 66.8 cm³/mol. The third-order valence-corrected chi connectivity index (χ3v) is 3.81. The summed E-state index contributed by atoms with van der Waals surface area (Å²) in [5, 5.41) is 3.30. The summed E-state index contributed by atoms with van der Waals surface area (Å²) in [4.78, 5) is 14.1. The van der Waals surface area contributed by atoms with Gasteiger partial charge in [-0.3, -0.25) is 4.79 Å². The van der Waals surface area contributed by atoms with Gasteiger partial charge in [0.2, 0.25) is 5.91 Å². The van der Waals surface area contributed by atoms with Crippen LogP contribution in [0.4, 0.5) is 0 Å². The van der Waals surface area contributed by atoms with Gasteiger partial charge in [0.1, 0.15) is 0 Å². The number of nitrogens with one attached hydrogen (secondary N) is 1. The van der Waals surface area contributed by atoms with Crippen LogP contribution in [0.15, 0.2) is 0 Å². The van der Waals surface area contributed by atoms with Crippen LogP contribution in [0.5, 0.6) is 0 Å². The minimum absolute atomic E-state index is 0.168. The standard InChI is InChI=1S/C13H24N2O2/c1-15(10-12-9-14-7-8-17-12)13(16)11-5-3-2-4-6-11/h11-12,14H,2-10H2,1H3. The van der Waals surface area contributed by atoms with Crippen molar-refractivity contribution in [2.24, 2.45) is 5.92 Å². The second-order valence-corrected chi connectivity index (χ2v) is 5.25. The molecule has 2 rings (SSSR count). The van der Waals surface area contributed by atoms with Crippen molar-refractivity contribution in [3.8, 4) is 0 Å². The van der Waals surface area contributed by atoms with Crippen molar-refractivity contribution in [2.75, 3.05) is 33.3 Å². The summed E-state index contributed by atoms with van der Waals surface area (Å²) >= 11 is 0. The van der Waals surface area contributed by atoms with E-state index in [9.17, 15) is 4.79 Å². The zero-order valence-corrected chi connectivity index (χ0v) is 10.8. The van der Waals surface area contributed by atoms with E-state index in [1.807, 2.05) is 11.9 Å². The summed E-state index contributed by atoms with van der Waals surface area (Å²) in [5.41, 5.74) is 0. The van der Waals surface area contributed by atoms with Gasteiger partial charge in [0.15, 0.2) is 0 Å². The maximum Gasteiger partial charge on any atom is 0.225 e. The van der Waals surface area contributed by atoms with E-state index < -0.39 is 0 Å². The molecule has 1 amide bonds. The summed E-state index contributed by atoms with van der Waals surface area (Å²) in [7, 11) is 1.91. The quantitative estimate of drug-likeness (QED) is 0.800. The van der Waals surface area contributed by atoms with Gasteiger partial charge in [-0.2, -0.15) is 0 Å². The smallest absolute Gasteiger partial charge is 0.225 e. The molecule has 4 nitrogen and oxygen atoms in total. The highest BCUT2D eigenvalue weighted by atomic mass is 16.5. The van der Waals surface area contributed by atoms with Gasteiger partial charge in [-0.05, 0) is 12.8 Å². The molecule has 2 aliphatic rings. The van der Waals surface area contributed by atoms with E-state index in [1.165, 1.54) is 19.3 Å². The Labute approximate surface area is 104 Å². The van der Waals surface area contributed by atoms with Gasteiger partial charge in [-0.1, -0.05) is 19.3 Å². The van der Waals surface area contributed by atoms with Crippen LogP contribution in [0, 0.1) is 5.92 Å². The molecule has 1 heterocycles. The number of hydrogen-bond acceptors (Lipinski definition) is 3. The van der Waals surface area contributed by atoms with E-state index in [0.29, 0.717) is 5.91 Å². The number of hydrogen-bond donors (Lipinski definition) is 1. The van der Waals surface area contributed by atoms with Crippen LogP contribution >= 0.6 is 0 Å². The Bertz CT molecular complexity index is 246. The minimum Gasteiger partial charge on any atom is -0.374 e. The number of rotatable bonds is 3. The van der Waals surface area contributed by atoms with E-state index >= 15 is 0 Å². The molecule has 1 saturated heterocycles. The summed E-state index contributed by atoms with van der Waals surface area (Å²) < 4.78 is 5.63. The molecule has 0 aromatic heterocycles. The lowest BCUT2D eigenvalue weighted by atomic mass is 9.88. The molecule has 1 N–H and O–H groups in total. The van der Waals surface area contributed by atoms with Crippen LogP contribution in [-0.4, -0.2) is 50.2 Å². The first-order chi connectivity index (χ1) is 8.27. The largest absolute Gasteiger partial charge is 0.374 e. The van der Waals surface area contributed by atoms with Gasteiger partial charge < -0.3 is 15.0 Å². The van der Waals surface area contributed by atoms with Crippen LogP contribution in [0.25, 0.3) is 0 Å². The van der Waals surface area contributed by atoms with Crippen molar-refractivity contribution in [3.05, 3.63) is 0 Å². The molecule has 1 atom stereocenters. The maximum absolute atomic E-state index is 12.2. The number of carbonyl (C=O) groups is 1. The minimum atomic E-state index is 0.168.